The van der Waals surface area contributed by atoms with Gasteiger partial charge in [-0.1, -0.05) is 18.7 Å². The van der Waals surface area contributed by atoms with Gasteiger partial charge in [-0.25, -0.2) is 0 Å². The minimum Gasteiger partial charge on any atom is -0.360 e. The third kappa shape index (κ3) is 3.26. The van der Waals surface area contributed by atoms with Crippen LogP contribution in [0.25, 0.3) is 0 Å². The molecule has 0 aliphatic carbocycles. The van der Waals surface area contributed by atoms with Gasteiger partial charge in [0.15, 0.2) is 5.17 Å². The Morgan fingerprint density at radius 2 is 2.35 bits per heavy atom. The first-order chi connectivity index (χ1) is 8.13. The number of nitrogens with one attached hydrogen (secondary N) is 1. The molecule has 1 fully saturated rings. The van der Waals surface area contributed by atoms with Gasteiger partial charge in [0.2, 0.25) is 0 Å². The van der Waals surface area contributed by atoms with Gasteiger partial charge in [0.1, 0.15) is 0 Å². The van der Waals surface area contributed by atoms with E-state index < -0.39 is 0 Å². The van der Waals surface area contributed by atoms with E-state index in [0.29, 0.717) is 0 Å². The lowest BCUT2D eigenvalue weighted by Crippen LogP contribution is -2.48. The van der Waals surface area contributed by atoms with Gasteiger partial charge in [-0.3, -0.25) is 4.99 Å². The molecule has 2 rings (SSSR count). The second-order valence-corrected chi connectivity index (χ2v) is 6.87. The molecule has 4 heteroatoms. The van der Waals surface area contributed by atoms with E-state index in [1.54, 1.807) is 11.3 Å². The Kier molecular flexibility index (Phi) is 4.15. The summed E-state index contributed by atoms with van der Waals surface area (Å²) in [6, 6.07) is 2.16. The van der Waals surface area contributed by atoms with E-state index in [9.17, 15) is 0 Å². The van der Waals surface area contributed by atoms with Crippen LogP contribution in [0.3, 0.4) is 0 Å². The van der Waals surface area contributed by atoms with Crippen LogP contribution in [0.1, 0.15) is 37.1 Å². The number of aryl methyl sites for hydroxylation is 1. The molecular weight excluding hydrogens is 248 g/mol. The van der Waals surface area contributed by atoms with Crippen molar-refractivity contribution in [2.45, 2.75) is 45.7 Å². The fraction of sp³-hybridized carbons (Fsp3) is 0.615. The summed E-state index contributed by atoms with van der Waals surface area (Å²) in [4.78, 5) is 6.09. The topological polar surface area (TPSA) is 24.4 Å². The Labute approximate surface area is 112 Å². The van der Waals surface area contributed by atoms with Crippen molar-refractivity contribution in [3.05, 3.63) is 21.9 Å². The highest BCUT2D eigenvalue weighted by Gasteiger charge is 2.27. The SMILES string of the molecule is CCC1(C)CCSC(=NCc2sccc2C)N1. The lowest BCUT2D eigenvalue weighted by atomic mass is 9.96. The average molecular weight is 268 g/mol. The molecule has 0 bridgehead atoms. The summed E-state index contributed by atoms with van der Waals surface area (Å²) in [5, 5.41) is 6.84. The molecule has 1 aromatic heterocycles. The van der Waals surface area contributed by atoms with Crippen LogP contribution in [0.5, 0.6) is 0 Å². The number of thioether (sulfide) groups is 1. The van der Waals surface area contributed by atoms with Crippen LogP contribution in [0.4, 0.5) is 0 Å². The maximum atomic E-state index is 4.71. The molecule has 1 aromatic rings. The van der Waals surface area contributed by atoms with Crippen molar-refractivity contribution in [3.63, 3.8) is 0 Å². The van der Waals surface area contributed by atoms with Crippen molar-refractivity contribution in [2.24, 2.45) is 4.99 Å². The molecule has 1 atom stereocenters. The van der Waals surface area contributed by atoms with Gasteiger partial charge in [-0.15, -0.1) is 11.3 Å². The van der Waals surface area contributed by atoms with Crippen molar-refractivity contribution in [3.8, 4) is 0 Å². The predicted molar refractivity (Wildman–Crippen MR) is 79.1 cm³/mol. The maximum Gasteiger partial charge on any atom is 0.157 e. The first-order valence-electron chi connectivity index (χ1n) is 6.11. The average Bonchev–Trinajstić information content (AvgIpc) is 2.73. The Balaban J connectivity index is 2.00. The summed E-state index contributed by atoms with van der Waals surface area (Å²) in [5.41, 5.74) is 1.60. The largest absolute Gasteiger partial charge is 0.360 e. The van der Waals surface area contributed by atoms with E-state index in [4.69, 9.17) is 4.99 Å². The molecule has 0 amide bonds. The van der Waals surface area contributed by atoms with Crippen LogP contribution in [-0.2, 0) is 6.54 Å². The lowest BCUT2D eigenvalue weighted by molar-refractivity contribution is 0.390. The molecular formula is C13H20N2S2. The second-order valence-electron chi connectivity index (χ2n) is 4.79. The summed E-state index contributed by atoms with van der Waals surface area (Å²) in [5.74, 6) is 1.18. The van der Waals surface area contributed by atoms with E-state index in [1.165, 1.54) is 22.6 Å². The maximum absolute atomic E-state index is 4.71. The zero-order valence-electron chi connectivity index (χ0n) is 10.7. The number of hydrogen-bond donors (Lipinski definition) is 1. The summed E-state index contributed by atoms with van der Waals surface area (Å²) >= 11 is 3.65. The van der Waals surface area contributed by atoms with Crippen LogP contribution in [0, 0.1) is 6.92 Å². The predicted octanol–water partition coefficient (Wildman–Crippen LogP) is 3.81. The Bertz CT molecular complexity index is 411. The highest BCUT2D eigenvalue weighted by Crippen LogP contribution is 2.25. The van der Waals surface area contributed by atoms with Crippen LogP contribution >= 0.6 is 23.1 Å². The van der Waals surface area contributed by atoms with Gasteiger partial charge in [-0.2, -0.15) is 0 Å². The number of hydrogen-bond acceptors (Lipinski definition) is 3. The Morgan fingerprint density at radius 1 is 1.53 bits per heavy atom. The van der Waals surface area contributed by atoms with Gasteiger partial charge < -0.3 is 5.32 Å². The molecule has 0 saturated carbocycles. The van der Waals surface area contributed by atoms with E-state index in [-0.39, 0.29) is 5.54 Å². The van der Waals surface area contributed by atoms with Crippen LogP contribution < -0.4 is 5.32 Å². The first kappa shape index (κ1) is 13.0. The van der Waals surface area contributed by atoms with Crippen LogP contribution in [-0.4, -0.2) is 16.5 Å². The fourth-order valence-electron chi connectivity index (χ4n) is 1.79. The molecule has 0 spiro atoms. The Morgan fingerprint density at radius 3 is 3.00 bits per heavy atom. The highest BCUT2D eigenvalue weighted by atomic mass is 32.2. The van der Waals surface area contributed by atoms with E-state index in [0.717, 1.165) is 18.1 Å². The molecule has 94 valence electrons. The highest BCUT2D eigenvalue weighted by molar-refractivity contribution is 8.13. The molecule has 2 heterocycles. The number of rotatable bonds is 3. The molecule has 1 unspecified atom stereocenters. The zero-order valence-corrected chi connectivity index (χ0v) is 12.4. The third-order valence-corrected chi connectivity index (χ3v) is 5.34. The van der Waals surface area contributed by atoms with Crippen LogP contribution in [0.2, 0.25) is 0 Å². The van der Waals surface area contributed by atoms with Gasteiger partial charge in [0, 0.05) is 16.2 Å². The van der Waals surface area contributed by atoms with E-state index in [2.05, 4.69) is 37.5 Å². The number of amidine groups is 1. The van der Waals surface area contributed by atoms with Gasteiger partial charge in [-0.05, 0) is 43.7 Å². The molecule has 1 N–H and O–H groups in total. The Hall–Kier alpha value is -0.480. The number of thiophene rings is 1. The molecule has 1 aliphatic heterocycles. The monoisotopic (exact) mass is 268 g/mol. The van der Waals surface area contributed by atoms with Crippen molar-refractivity contribution >= 4 is 28.3 Å². The van der Waals surface area contributed by atoms with Crippen molar-refractivity contribution in [1.82, 2.24) is 5.32 Å². The molecule has 1 saturated heterocycles. The third-order valence-electron chi connectivity index (χ3n) is 3.42. The van der Waals surface area contributed by atoms with Crippen molar-refractivity contribution in [2.75, 3.05) is 5.75 Å². The van der Waals surface area contributed by atoms with Gasteiger partial charge in [0.25, 0.3) is 0 Å². The quantitative estimate of drug-likeness (QED) is 0.901. The smallest absolute Gasteiger partial charge is 0.157 e. The summed E-state index contributed by atoms with van der Waals surface area (Å²) in [6.07, 6.45) is 2.38. The molecule has 0 aromatic carbocycles. The van der Waals surface area contributed by atoms with Gasteiger partial charge in [0.05, 0.1) is 6.54 Å². The second kappa shape index (κ2) is 5.44. The van der Waals surface area contributed by atoms with Crippen molar-refractivity contribution in [1.29, 1.82) is 0 Å². The normalized spacial score (nSPS) is 27.1. The van der Waals surface area contributed by atoms with Crippen LogP contribution in [0.15, 0.2) is 16.4 Å². The lowest BCUT2D eigenvalue weighted by Gasteiger charge is -2.35. The zero-order chi connectivity index (χ0) is 12.3. The summed E-state index contributed by atoms with van der Waals surface area (Å²) in [6.45, 7) is 7.50. The minimum absolute atomic E-state index is 0.245. The summed E-state index contributed by atoms with van der Waals surface area (Å²) < 4.78 is 0. The van der Waals surface area contributed by atoms with E-state index >= 15 is 0 Å². The van der Waals surface area contributed by atoms with Crippen molar-refractivity contribution < 1.29 is 0 Å². The van der Waals surface area contributed by atoms with Gasteiger partial charge >= 0.3 is 0 Å². The molecule has 1 aliphatic rings. The minimum atomic E-state index is 0.245. The number of nitrogens with zero attached hydrogens (tertiary/aromatic N) is 1. The molecule has 2 nitrogen and oxygen atoms in total. The standard InChI is InChI=1S/C13H20N2S2/c1-4-13(3)6-8-17-12(15-13)14-9-11-10(2)5-7-16-11/h5,7H,4,6,8-9H2,1-3H3,(H,14,15). The number of aliphatic imine (C=N–C) groups is 1. The first-order valence-corrected chi connectivity index (χ1v) is 7.98. The fourth-order valence-corrected chi connectivity index (χ4v) is 3.84. The summed E-state index contributed by atoms with van der Waals surface area (Å²) in [7, 11) is 0. The molecule has 17 heavy (non-hydrogen) atoms. The molecule has 0 radical (unpaired) electrons. The van der Waals surface area contributed by atoms with E-state index in [1.807, 2.05) is 11.8 Å².